The highest BCUT2D eigenvalue weighted by molar-refractivity contribution is 6.31. The molecule has 16 heavy (non-hydrogen) atoms. The Kier molecular flexibility index (Phi) is 3.59. The zero-order valence-corrected chi connectivity index (χ0v) is 9.06. The molecule has 1 aromatic carbocycles. The van der Waals surface area contributed by atoms with Gasteiger partial charge >= 0.3 is 0 Å². The van der Waals surface area contributed by atoms with Gasteiger partial charge in [0.15, 0.2) is 5.78 Å². The maximum Gasteiger partial charge on any atom is 0.275 e. The summed E-state index contributed by atoms with van der Waals surface area (Å²) in [5, 5.41) is 18.4. The number of rotatable bonds is 3. The standard InChI is InChI=1S/C10H7ClN2O3/c1-6(14)10(11)9-7(5-12)3-2-4-8(9)13(15)16/h2-4,10H,1H3. The fourth-order valence-electron chi connectivity index (χ4n) is 1.28. The van der Waals surface area contributed by atoms with Crippen molar-refractivity contribution < 1.29 is 9.72 Å². The van der Waals surface area contributed by atoms with Gasteiger partial charge in [-0.1, -0.05) is 6.07 Å². The number of nitrogens with zero attached hydrogens (tertiary/aromatic N) is 2. The van der Waals surface area contributed by atoms with Crippen LogP contribution in [0.5, 0.6) is 0 Å². The lowest BCUT2D eigenvalue weighted by atomic mass is 10.0. The van der Waals surface area contributed by atoms with Crippen LogP contribution in [-0.2, 0) is 4.79 Å². The van der Waals surface area contributed by atoms with Crippen molar-refractivity contribution in [3.63, 3.8) is 0 Å². The first kappa shape index (κ1) is 12.1. The van der Waals surface area contributed by atoms with Gasteiger partial charge in [-0.05, 0) is 13.0 Å². The third kappa shape index (κ3) is 2.18. The van der Waals surface area contributed by atoms with Gasteiger partial charge in [-0.2, -0.15) is 5.26 Å². The largest absolute Gasteiger partial charge is 0.298 e. The highest BCUT2D eigenvalue weighted by Crippen LogP contribution is 2.32. The highest BCUT2D eigenvalue weighted by Gasteiger charge is 2.26. The van der Waals surface area contributed by atoms with Crippen molar-refractivity contribution in [2.75, 3.05) is 0 Å². The Balaban J connectivity index is 3.49. The average molecular weight is 239 g/mol. The molecule has 0 amide bonds. The molecule has 0 aliphatic heterocycles. The van der Waals surface area contributed by atoms with Crippen LogP contribution in [0.2, 0.25) is 0 Å². The molecule has 0 aromatic heterocycles. The number of hydrogen-bond acceptors (Lipinski definition) is 4. The van der Waals surface area contributed by atoms with Crippen molar-refractivity contribution in [2.24, 2.45) is 0 Å². The normalized spacial score (nSPS) is 11.6. The Hall–Kier alpha value is -1.93. The van der Waals surface area contributed by atoms with Crippen LogP contribution in [0.4, 0.5) is 5.69 Å². The number of hydrogen-bond donors (Lipinski definition) is 0. The van der Waals surface area contributed by atoms with Crippen molar-refractivity contribution in [3.8, 4) is 6.07 Å². The Labute approximate surface area is 96.4 Å². The van der Waals surface area contributed by atoms with E-state index >= 15 is 0 Å². The average Bonchev–Trinajstić information content (AvgIpc) is 2.26. The number of carbonyl (C=O) groups is 1. The zero-order chi connectivity index (χ0) is 12.3. The summed E-state index contributed by atoms with van der Waals surface area (Å²) in [7, 11) is 0. The van der Waals surface area contributed by atoms with Crippen LogP contribution in [0.25, 0.3) is 0 Å². The van der Waals surface area contributed by atoms with E-state index in [-0.39, 0.29) is 16.8 Å². The maximum absolute atomic E-state index is 11.1. The topological polar surface area (TPSA) is 84.0 Å². The van der Waals surface area contributed by atoms with Gasteiger partial charge in [0.2, 0.25) is 0 Å². The smallest absolute Gasteiger partial charge is 0.275 e. The van der Waals surface area contributed by atoms with E-state index in [9.17, 15) is 14.9 Å². The third-order valence-corrected chi connectivity index (χ3v) is 2.54. The molecule has 0 fully saturated rings. The van der Waals surface area contributed by atoms with Crippen molar-refractivity contribution in [1.29, 1.82) is 5.26 Å². The van der Waals surface area contributed by atoms with E-state index in [4.69, 9.17) is 16.9 Å². The molecule has 0 aliphatic carbocycles. The molecule has 0 saturated carbocycles. The second kappa shape index (κ2) is 4.73. The monoisotopic (exact) mass is 238 g/mol. The summed E-state index contributed by atoms with van der Waals surface area (Å²) in [6.07, 6.45) is 0. The Morgan fingerprint density at radius 1 is 1.62 bits per heavy atom. The summed E-state index contributed by atoms with van der Waals surface area (Å²) in [5.74, 6) is -0.438. The molecule has 0 radical (unpaired) electrons. The van der Waals surface area contributed by atoms with E-state index in [1.807, 2.05) is 0 Å². The van der Waals surface area contributed by atoms with E-state index in [2.05, 4.69) is 0 Å². The van der Waals surface area contributed by atoms with Gasteiger partial charge in [-0.25, -0.2) is 0 Å². The summed E-state index contributed by atoms with van der Waals surface area (Å²) in [4.78, 5) is 21.2. The first-order valence-electron chi connectivity index (χ1n) is 4.31. The van der Waals surface area contributed by atoms with Crippen molar-refractivity contribution in [1.82, 2.24) is 0 Å². The van der Waals surface area contributed by atoms with Crippen LogP contribution >= 0.6 is 11.6 Å². The molecule has 82 valence electrons. The molecule has 0 N–H and O–H groups in total. The summed E-state index contributed by atoms with van der Waals surface area (Å²) in [6, 6.07) is 5.77. The van der Waals surface area contributed by atoms with Gasteiger partial charge in [0.25, 0.3) is 5.69 Å². The van der Waals surface area contributed by atoms with Crippen LogP contribution in [0.3, 0.4) is 0 Å². The molecule has 1 rings (SSSR count). The first-order valence-corrected chi connectivity index (χ1v) is 4.74. The summed E-state index contributed by atoms with van der Waals surface area (Å²) < 4.78 is 0. The number of Topliss-reactive ketones (excluding diaryl/α,β-unsaturated/α-hetero) is 1. The minimum atomic E-state index is -1.17. The van der Waals surface area contributed by atoms with E-state index < -0.39 is 16.1 Å². The molecule has 6 heteroatoms. The van der Waals surface area contributed by atoms with Gasteiger partial charge in [-0.15, -0.1) is 11.6 Å². The third-order valence-electron chi connectivity index (χ3n) is 2.01. The molecular formula is C10H7ClN2O3. The lowest BCUT2D eigenvalue weighted by Gasteiger charge is -2.08. The number of carbonyl (C=O) groups excluding carboxylic acids is 1. The highest BCUT2D eigenvalue weighted by atomic mass is 35.5. The van der Waals surface area contributed by atoms with E-state index in [1.165, 1.54) is 25.1 Å². The molecule has 0 bridgehead atoms. The second-order valence-corrected chi connectivity index (χ2v) is 3.52. The minimum absolute atomic E-state index is 0.0378. The summed E-state index contributed by atoms with van der Waals surface area (Å²) >= 11 is 5.77. The van der Waals surface area contributed by atoms with E-state index in [1.54, 1.807) is 6.07 Å². The number of benzene rings is 1. The van der Waals surface area contributed by atoms with Gasteiger partial charge in [0.05, 0.1) is 22.1 Å². The molecule has 1 unspecified atom stereocenters. The van der Waals surface area contributed by atoms with Crippen molar-refractivity contribution in [2.45, 2.75) is 12.3 Å². The van der Waals surface area contributed by atoms with Gasteiger partial charge in [0, 0.05) is 6.07 Å². The Bertz CT molecular complexity index is 493. The van der Waals surface area contributed by atoms with Crippen LogP contribution in [0.15, 0.2) is 18.2 Å². The molecule has 0 spiro atoms. The number of halogens is 1. The van der Waals surface area contributed by atoms with Gasteiger partial charge in [-0.3, -0.25) is 14.9 Å². The van der Waals surface area contributed by atoms with Crippen molar-refractivity contribution in [3.05, 3.63) is 39.4 Å². The van der Waals surface area contributed by atoms with Gasteiger partial charge < -0.3 is 0 Å². The molecule has 0 aliphatic rings. The van der Waals surface area contributed by atoms with Crippen LogP contribution in [0.1, 0.15) is 23.4 Å². The Morgan fingerprint density at radius 2 is 2.25 bits per heavy atom. The van der Waals surface area contributed by atoms with Gasteiger partial charge in [0.1, 0.15) is 5.38 Å². The molecule has 5 nitrogen and oxygen atoms in total. The lowest BCUT2D eigenvalue weighted by molar-refractivity contribution is -0.385. The zero-order valence-electron chi connectivity index (χ0n) is 8.31. The van der Waals surface area contributed by atoms with E-state index in [0.717, 1.165) is 0 Å². The number of ketones is 1. The van der Waals surface area contributed by atoms with Crippen LogP contribution in [-0.4, -0.2) is 10.7 Å². The Morgan fingerprint density at radius 3 is 2.69 bits per heavy atom. The maximum atomic E-state index is 11.1. The second-order valence-electron chi connectivity index (χ2n) is 3.08. The fraction of sp³-hybridized carbons (Fsp3) is 0.200. The van der Waals surface area contributed by atoms with E-state index in [0.29, 0.717) is 0 Å². The minimum Gasteiger partial charge on any atom is -0.298 e. The lowest BCUT2D eigenvalue weighted by Crippen LogP contribution is -2.07. The molecule has 0 saturated heterocycles. The quantitative estimate of drug-likeness (QED) is 0.460. The van der Waals surface area contributed by atoms with Crippen molar-refractivity contribution >= 4 is 23.1 Å². The predicted octanol–water partition coefficient (Wildman–Crippen LogP) is 2.34. The number of nitriles is 1. The molecule has 1 atom stereocenters. The molecule has 1 aromatic rings. The molecular weight excluding hydrogens is 232 g/mol. The number of nitro groups is 1. The summed E-state index contributed by atoms with van der Waals surface area (Å²) in [5.41, 5.74) is -0.303. The fourth-order valence-corrected chi connectivity index (χ4v) is 1.51. The van der Waals surface area contributed by atoms with Crippen LogP contribution in [0, 0.1) is 21.4 Å². The summed E-state index contributed by atoms with van der Waals surface area (Å²) in [6.45, 7) is 1.22. The first-order chi connectivity index (χ1) is 7.49. The molecule has 0 heterocycles. The number of nitro benzene ring substituents is 1. The van der Waals surface area contributed by atoms with Crippen LogP contribution < -0.4 is 0 Å². The SMILES string of the molecule is CC(=O)C(Cl)c1c(C#N)cccc1[N+](=O)[O-]. The number of alkyl halides is 1. The predicted molar refractivity (Wildman–Crippen MR) is 57.1 cm³/mol.